The lowest BCUT2D eigenvalue weighted by molar-refractivity contribution is 0.102. The van der Waals surface area contributed by atoms with E-state index in [0.29, 0.717) is 29.4 Å². The van der Waals surface area contributed by atoms with Crippen LogP contribution in [0.2, 0.25) is 5.02 Å². The number of benzene rings is 2. The summed E-state index contributed by atoms with van der Waals surface area (Å²) in [6, 6.07) is 8.70. The van der Waals surface area contributed by atoms with E-state index < -0.39 is 5.82 Å². The minimum atomic E-state index is -0.465. The Hall–Kier alpha value is -2.27. The first-order chi connectivity index (χ1) is 11.5. The molecule has 1 N–H and O–H groups in total. The highest BCUT2D eigenvalue weighted by atomic mass is 35.5. The third-order valence-electron chi connectivity index (χ3n) is 3.36. The number of hydrogen-bond donors (Lipinski definition) is 1. The summed E-state index contributed by atoms with van der Waals surface area (Å²) in [5, 5.41) is 2.78. The van der Waals surface area contributed by atoms with E-state index in [9.17, 15) is 9.18 Å². The Morgan fingerprint density at radius 3 is 2.67 bits per heavy atom. The van der Waals surface area contributed by atoms with E-state index in [1.54, 1.807) is 18.2 Å². The molecule has 0 aromatic heterocycles. The zero-order valence-corrected chi connectivity index (χ0v) is 14.3. The minimum absolute atomic E-state index is 0.134. The van der Waals surface area contributed by atoms with E-state index in [1.165, 1.54) is 19.2 Å². The molecule has 0 saturated heterocycles. The standard InChI is InChI=1S/C18H19ClFNO3/c1-3-4-9-24-16-8-5-12(10-17(16)23-2)18(22)21-15-7-6-13(20)11-14(15)19/h5-8,10-11H,3-4,9H2,1-2H3,(H,21,22). The molecule has 0 fully saturated rings. The summed E-state index contributed by atoms with van der Waals surface area (Å²) in [6.45, 7) is 2.66. The predicted molar refractivity (Wildman–Crippen MR) is 92.8 cm³/mol. The van der Waals surface area contributed by atoms with Crippen molar-refractivity contribution in [3.8, 4) is 11.5 Å². The van der Waals surface area contributed by atoms with Gasteiger partial charge in [0.2, 0.25) is 0 Å². The summed E-state index contributed by atoms with van der Waals surface area (Å²) < 4.78 is 24.0. The van der Waals surface area contributed by atoms with Crippen LogP contribution >= 0.6 is 11.6 Å². The van der Waals surface area contributed by atoms with E-state index in [-0.39, 0.29) is 10.9 Å². The molecular weight excluding hydrogens is 333 g/mol. The summed E-state index contributed by atoms with van der Waals surface area (Å²) in [5.41, 5.74) is 0.723. The number of methoxy groups -OCH3 is 1. The van der Waals surface area contributed by atoms with Gasteiger partial charge in [0.1, 0.15) is 5.82 Å². The lowest BCUT2D eigenvalue weighted by atomic mass is 10.1. The molecule has 4 nitrogen and oxygen atoms in total. The van der Waals surface area contributed by atoms with Crippen LogP contribution in [-0.2, 0) is 0 Å². The van der Waals surface area contributed by atoms with Gasteiger partial charge in [0.25, 0.3) is 5.91 Å². The number of amides is 1. The van der Waals surface area contributed by atoms with Crippen LogP contribution in [-0.4, -0.2) is 19.6 Å². The number of rotatable bonds is 7. The number of anilines is 1. The second-order valence-electron chi connectivity index (χ2n) is 5.15. The number of ether oxygens (including phenoxy) is 2. The Kier molecular flexibility index (Phi) is 6.44. The SMILES string of the molecule is CCCCOc1ccc(C(=O)Nc2ccc(F)cc2Cl)cc1OC. The Balaban J connectivity index is 2.14. The normalized spacial score (nSPS) is 10.3. The lowest BCUT2D eigenvalue weighted by Gasteiger charge is -2.12. The van der Waals surface area contributed by atoms with Gasteiger partial charge in [-0.3, -0.25) is 4.79 Å². The van der Waals surface area contributed by atoms with Crippen LogP contribution in [0.25, 0.3) is 0 Å². The van der Waals surface area contributed by atoms with Crippen LogP contribution in [0, 0.1) is 5.82 Å². The van der Waals surface area contributed by atoms with Crippen molar-refractivity contribution in [1.82, 2.24) is 0 Å². The topological polar surface area (TPSA) is 47.6 Å². The first-order valence-electron chi connectivity index (χ1n) is 7.62. The quantitative estimate of drug-likeness (QED) is 0.720. The second kappa shape index (κ2) is 8.55. The van der Waals surface area contributed by atoms with Gasteiger partial charge in [-0.25, -0.2) is 4.39 Å². The largest absolute Gasteiger partial charge is 0.493 e. The Labute approximate surface area is 145 Å². The first kappa shape index (κ1) is 18.1. The fourth-order valence-corrected chi connectivity index (χ4v) is 2.25. The highest BCUT2D eigenvalue weighted by molar-refractivity contribution is 6.33. The summed E-state index contributed by atoms with van der Waals surface area (Å²) >= 11 is 5.92. The average molecular weight is 352 g/mol. The van der Waals surface area contributed by atoms with E-state index in [1.807, 2.05) is 0 Å². The maximum Gasteiger partial charge on any atom is 0.255 e. The summed E-state index contributed by atoms with van der Waals surface area (Å²) in [4.78, 5) is 12.3. The molecule has 0 radical (unpaired) electrons. The number of halogens is 2. The van der Waals surface area contributed by atoms with Crippen LogP contribution in [0.3, 0.4) is 0 Å². The van der Waals surface area contributed by atoms with Gasteiger partial charge in [0, 0.05) is 5.56 Å². The van der Waals surface area contributed by atoms with Crippen LogP contribution < -0.4 is 14.8 Å². The second-order valence-corrected chi connectivity index (χ2v) is 5.55. The third-order valence-corrected chi connectivity index (χ3v) is 3.67. The highest BCUT2D eigenvalue weighted by Crippen LogP contribution is 2.29. The van der Waals surface area contributed by atoms with E-state index in [0.717, 1.165) is 18.9 Å². The monoisotopic (exact) mass is 351 g/mol. The molecule has 0 bridgehead atoms. The van der Waals surface area contributed by atoms with Crippen LogP contribution in [0.5, 0.6) is 11.5 Å². The molecule has 0 spiro atoms. The first-order valence-corrected chi connectivity index (χ1v) is 8.00. The van der Waals surface area contributed by atoms with Gasteiger partial charge in [-0.05, 0) is 42.8 Å². The van der Waals surface area contributed by atoms with Crippen molar-refractivity contribution in [2.45, 2.75) is 19.8 Å². The Bertz CT molecular complexity index is 721. The van der Waals surface area contributed by atoms with Crippen molar-refractivity contribution in [1.29, 1.82) is 0 Å². The minimum Gasteiger partial charge on any atom is -0.493 e. The number of hydrogen-bond acceptors (Lipinski definition) is 3. The van der Waals surface area contributed by atoms with Crippen molar-refractivity contribution in [2.24, 2.45) is 0 Å². The zero-order valence-electron chi connectivity index (χ0n) is 13.6. The fraction of sp³-hybridized carbons (Fsp3) is 0.278. The van der Waals surface area contributed by atoms with Crippen LogP contribution in [0.4, 0.5) is 10.1 Å². The van der Waals surface area contributed by atoms with Crippen molar-refractivity contribution in [3.63, 3.8) is 0 Å². The highest BCUT2D eigenvalue weighted by Gasteiger charge is 2.13. The summed E-state index contributed by atoms with van der Waals surface area (Å²) in [6.07, 6.45) is 1.97. The van der Waals surface area contributed by atoms with Crippen LogP contribution in [0.15, 0.2) is 36.4 Å². The van der Waals surface area contributed by atoms with Gasteiger partial charge >= 0.3 is 0 Å². The Morgan fingerprint density at radius 2 is 2.00 bits per heavy atom. The van der Waals surface area contributed by atoms with E-state index in [4.69, 9.17) is 21.1 Å². The Morgan fingerprint density at radius 1 is 1.21 bits per heavy atom. The molecule has 1 amide bonds. The van der Waals surface area contributed by atoms with Crippen molar-refractivity contribution in [2.75, 3.05) is 19.0 Å². The average Bonchev–Trinajstić information content (AvgIpc) is 2.57. The van der Waals surface area contributed by atoms with Crippen molar-refractivity contribution in [3.05, 3.63) is 52.8 Å². The van der Waals surface area contributed by atoms with E-state index in [2.05, 4.69) is 12.2 Å². The zero-order chi connectivity index (χ0) is 17.5. The molecule has 0 saturated carbocycles. The van der Waals surface area contributed by atoms with Gasteiger partial charge in [-0.15, -0.1) is 0 Å². The molecule has 0 aliphatic heterocycles. The number of carbonyl (C=O) groups is 1. The van der Waals surface area contributed by atoms with Crippen molar-refractivity contribution >= 4 is 23.2 Å². The lowest BCUT2D eigenvalue weighted by Crippen LogP contribution is -2.12. The molecule has 6 heteroatoms. The predicted octanol–water partition coefficient (Wildman–Crippen LogP) is 4.92. The maximum absolute atomic E-state index is 13.1. The molecule has 0 unspecified atom stereocenters. The van der Waals surface area contributed by atoms with Crippen LogP contribution in [0.1, 0.15) is 30.1 Å². The number of unbranched alkanes of at least 4 members (excludes halogenated alkanes) is 1. The molecule has 2 aromatic carbocycles. The molecule has 24 heavy (non-hydrogen) atoms. The molecule has 2 rings (SSSR count). The molecule has 2 aromatic rings. The maximum atomic E-state index is 13.1. The molecule has 0 atom stereocenters. The van der Waals surface area contributed by atoms with Gasteiger partial charge in [-0.2, -0.15) is 0 Å². The third kappa shape index (κ3) is 4.61. The summed E-state index contributed by atoms with van der Waals surface area (Å²) in [7, 11) is 1.51. The van der Waals surface area contributed by atoms with Gasteiger partial charge < -0.3 is 14.8 Å². The molecule has 128 valence electrons. The smallest absolute Gasteiger partial charge is 0.255 e. The summed E-state index contributed by atoms with van der Waals surface area (Å²) in [5.74, 6) is 0.224. The molecule has 0 aliphatic carbocycles. The van der Waals surface area contributed by atoms with Gasteiger partial charge in [0.05, 0.1) is 24.4 Å². The van der Waals surface area contributed by atoms with Gasteiger partial charge in [-0.1, -0.05) is 24.9 Å². The molecule has 0 aliphatic rings. The number of nitrogens with one attached hydrogen (secondary N) is 1. The van der Waals surface area contributed by atoms with E-state index >= 15 is 0 Å². The molecule has 0 heterocycles. The number of carbonyl (C=O) groups excluding carboxylic acids is 1. The van der Waals surface area contributed by atoms with Crippen molar-refractivity contribution < 1.29 is 18.7 Å². The molecular formula is C18H19ClFNO3. The van der Waals surface area contributed by atoms with Gasteiger partial charge in [0.15, 0.2) is 11.5 Å². The fourth-order valence-electron chi connectivity index (χ4n) is 2.04.